The van der Waals surface area contributed by atoms with Gasteiger partial charge in [0.2, 0.25) is 0 Å². The Morgan fingerprint density at radius 2 is 2.14 bits per heavy atom. The molecule has 0 atom stereocenters. The minimum absolute atomic E-state index is 0.940. The van der Waals surface area contributed by atoms with Crippen LogP contribution in [0.25, 0.3) is 0 Å². The van der Waals surface area contributed by atoms with Gasteiger partial charge in [0.05, 0.1) is 0 Å². The first-order chi connectivity index (χ1) is 3.41. The van der Waals surface area contributed by atoms with Crippen molar-refractivity contribution in [3.8, 4) is 0 Å². The summed E-state index contributed by atoms with van der Waals surface area (Å²) in [7, 11) is 3.95. The van der Waals surface area contributed by atoms with Gasteiger partial charge in [-0.3, -0.25) is 0 Å². The number of rotatable bonds is 2. The van der Waals surface area contributed by atoms with Crippen LogP contribution in [0.1, 0.15) is 0 Å². The zero-order valence-corrected chi connectivity index (χ0v) is 4.16. The quantitative estimate of drug-likeness (QED) is 0.399. The molecule has 0 heterocycles. The van der Waals surface area contributed by atoms with Crippen LogP contribution in [0.4, 0.5) is 0 Å². The van der Waals surface area contributed by atoms with E-state index in [1.165, 1.54) is 13.7 Å². The zero-order chi connectivity index (χ0) is 5.54. The van der Waals surface area contributed by atoms with Crippen LogP contribution in [0.5, 0.6) is 0 Å². The van der Waals surface area contributed by atoms with Crippen molar-refractivity contribution >= 4 is 27.4 Å². The Morgan fingerprint density at radius 3 is 2.57 bits per heavy atom. The van der Waals surface area contributed by atoms with Gasteiger partial charge in [0.15, 0.2) is 0 Å². The molecular weight excluding hydrogens is 87.3 g/mol. The van der Waals surface area contributed by atoms with E-state index in [2.05, 4.69) is 4.65 Å². The fourth-order valence-electron chi connectivity index (χ4n) is 0.174. The van der Waals surface area contributed by atoms with E-state index in [1.807, 2.05) is 0 Å². The summed E-state index contributed by atoms with van der Waals surface area (Å²) in [6, 6.07) is 0. The summed E-state index contributed by atoms with van der Waals surface area (Å²) in [4.78, 5) is 0. The molecule has 0 spiro atoms. The Kier molecular flexibility index (Phi) is 5.74. The molecule has 0 aromatic heterocycles. The monoisotopic (exact) mass is 92.1 g/mol. The zero-order valence-electron chi connectivity index (χ0n) is 4.16. The number of hydrogen-bond acceptors (Lipinski definition) is 2. The molecule has 0 bridgehead atoms. The molecular formula is CH4B4O2. The number of hydrogen-bond donors (Lipinski definition) is 1. The molecule has 32 valence electrons. The third-order valence-corrected chi connectivity index (χ3v) is 0.412. The molecule has 0 aromatic rings. The first-order valence-corrected chi connectivity index (χ1v) is 1.90. The molecule has 0 aliphatic carbocycles. The van der Waals surface area contributed by atoms with Gasteiger partial charge in [0.25, 0.3) is 0 Å². The molecule has 0 rings (SSSR count). The van der Waals surface area contributed by atoms with E-state index >= 15 is 0 Å². The second kappa shape index (κ2) is 5.86. The Morgan fingerprint density at radius 1 is 1.43 bits per heavy atom. The summed E-state index contributed by atoms with van der Waals surface area (Å²) in [5, 5.41) is 8.01. The van der Waals surface area contributed by atoms with E-state index in [4.69, 9.17) is 5.02 Å². The van der Waals surface area contributed by atoms with E-state index in [0.717, 1.165) is 7.00 Å². The van der Waals surface area contributed by atoms with E-state index in [9.17, 15) is 0 Å². The predicted octanol–water partition coefficient (Wildman–Crippen LogP) is -1.98. The van der Waals surface area contributed by atoms with Gasteiger partial charge in [-0.05, 0) is 0 Å². The molecule has 0 saturated carbocycles. The van der Waals surface area contributed by atoms with Crippen LogP contribution in [0.2, 0.25) is 0 Å². The van der Waals surface area contributed by atoms with Crippen molar-refractivity contribution in [1.29, 1.82) is 0 Å². The van der Waals surface area contributed by atoms with Gasteiger partial charge in [-0.1, -0.05) is 0 Å². The van der Waals surface area contributed by atoms with Crippen molar-refractivity contribution in [3.05, 3.63) is 0 Å². The fourth-order valence-corrected chi connectivity index (χ4v) is 0.174. The molecule has 0 unspecified atom stereocenters. The normalized spacial score (nSPS) is 6.43. The average Bonchev–Trinajstić information content (AvgIpc) is 1.69. The van der Waals surface area contributed by atoms with Crippen LogP contribution in [-0.4, -0.2) is 39.5 Å². The maximum atomic E-state index is 8.01. The van der Waals surface area contributed by atoms with E-state index in [-0.39, 0.29) is 0 Å². The first kappa shape index (κ1) is 6.86. The van der Waals surface area contributed by atoms with Crippen LogP contribution < -0.4 is 0 Å². The summed E-state index contributed by atoms with van der Waals surface area (Å²) in [6.45, 7) is 3.05. The SMILES string of the molecule is COB=BB=BO. The Hall–Kier alpha value is -0.140. The molecule has 0 saturated heterocycles. The maximum absolute atomic E-state index is 8.01. The third kappa shape index (κ3) is 5.86. The van der Waals surface area contributed by atoms with Crippen LogP contribution in [-0.2, 0) is 4.65 Å². The van der Waals surface area contributed by atoms with E-state index in [1.54, 1.807) is 13.8 Å². The molecule has 0 aliphatic heterocycles. The molecule has 0 radical (unpaired) electrons. The third-order valence-electron chi connectivity index (χ3n) is 0.412. The van der Waals surface area contributed by atoms with Gasteiger partial charge in [0.1, 0.15) is 0 Å². The van der Waals surface area contributed by atoms with Crippen molar-refractivity contribution in [2.45, 2.75) is 0 Å². The topological polar surface area (TPSA) is 29.5 Å². The minimum atomic E-state index is 0.940. The van der Waals surface area contributed by atoms with Crippen LogP contribution in [0.15, 0.2) is 0 Å². The van der Waals surface area contributed by atoms with Crippen molar-refractivity contribution in [2.24, 2.45) is 0 Å². The van der Waals surface area contributed by atoms with Gasteiger partial charge in [0, 0.05) is 0 Å². The van der Waals surface area contributed by atoms with Crippen molar-refractivity contribution < 1.29 is 9.68 Å². The Balaban J connectivity index is 3.09. The van der Waals surface area contributed by atoms with E-state index in [0.29, 0.717) is 0 Å². The Bertz CT molecular complexity index is 77.8. The summed E-state index contributed by atoms with van der Waals surface area (Å²) in [5.41, 5.74) is 0. The second-order valence-electron chi connectivity index (χ2n) is 0.906. The Labute approximate surface area is 45.1 Å². The summed E-state index contributed by atoms with van der Waals surface area (Å²) in [5.74, 6) is 0. The van der Waals surface area contributed by atoms with Crippen molar-refractivity contribution in [3.63, 3.8) is 0 Å². The van der Waals surface area contributed by atoms with Crippen LogP contribution in [0, 0.1) is 0 Å². The van der Waals surface area contributed by atoms with Crippen LogP contribution in [0.3, 0.4) is 0 Å². The molecule has 0 aliphatic rings. The average molecular weight is 91.3 g/mol. The standard InChI is InChI=1S/CH4B4O2/c1-7-5-3-2-4-6/h6H,1H3. The van der Waals surface area contributed by atoms with Gasteiger partial charge < -0.3 is 0 Å². The predicted molar refractivity (Wildman–Crippen MR) is 32.2 cm³/mol. The molecule has 2 nitrogen and oxygen atoms in total. The summed E-state index contributed by atoms with van der Waals surface area (Å²) < 4.78 is 4.50. The van der Waals surface area contributed by atoms with Gasteiger partial charge >= 0.3 is 44.2 Å². The summed E-state index contributed by atoms with van der Waals surface area (Å²) >= 11 is 0. The molecule has 0 aromatic carbocycles. The molecule has 0 amide bonds. The molecule has 0 fully saturated rings. The summed E-state index contributed by atoms with van der Waals surface area (Å²) in [6.07, 6.45) is 0. The van der Waals surface area contributed by atoms with Crippen molar-refractivity contribution in [1.82, 2.24) is 0 Å². The van der Waals surface area contributed by atoms with Gasteiger partial charge in [-0.15, -0.1) is 0 Å². The van der Waals surface area contributed by atoms with Gasteiger partial charge in [-0.2, -0.15) is 0 Å². The van der Waals surface area contributed by atoms with Crippen LogP contribution >= 0.6 is 0 Å². The first-order valence-electron chi connectivity index (χ1n) is 1.90. The second-order valence-corrected chi connectivity index (χ2v) is 0.906. The van der Waals surface area contributed by atoms with E-state index < -0.39 is 0 Å². The van der Waals surface area contributed by atoms with Gasteiger partial charge in [-0.25, -0.2) is 0 Å². The van der Waals surface area contributed by atoms with Crippen molar-refractivity contribution in [2.75, 3.05) is 7.11 Å². The molecule has 1 N–H and O–H groups in total. The molecule has 6 heteroatoms. The molecule has 7 heavy (non-hydrogen) atoms. The fraction of sp³-hybridized carbons (Fsp3) is 1.00.